The highest BCUT2D eigenvalue weighted by molar-refractivity contribution is 7.43. The molecule has 0 radical (unpaired) electrons. The van der Waals surface area contributed by atoms with E-state index < -0.39 is 55.8 Å². The second-order valence-corrected chi connectivity index (χ2v) is 55.4. The minimum atomic E-state index is -3.16. The average molecular weight is 770 g/mol. The quantitative estimate of drug-likeness (QED) is 0.124. The number of hydrogen-bond acceptors (Lipinski definition) is 0. The van der Waals surface area contributed by atoms with Crippen LogP contribution in [0.15, 0.2) is 36.4 Å². The molecule has 0 N–H and O–H groups in total. The SMILES string of the molecule is Cc1c([Si](C)(C)C)ccc([Si](C)(C)C)c1[Si](Cl)(c1c([Si](C)(C)C)ccc([Si](C)(C)C)c1C)c1c([Si](C)(C)C)ccc([Si](C)(C)C)c1C. The molecule has 0 saturated heterocycles. The third-order valence-electron chi connectivity index (χ3n) is 10.3. The van der Waals surface area contributed by atoms with Crippen LogP contribution in [0.2, 0.25) is 118 Å². The number of hydrogen-bond donors (Lipinski definition) is 0. The first kappa shape index (κ1) is 40.9. The Labute approximate surface area is 303 Å². The van der Waals surface area contributed by atoms with E-state index in [0.717, 1.165) is 0 Å². The highest BCUT2D eigenvalue weighted by Gasteiger charge is 2.51. The molecule has 8 heteroatoms. The van der Waals surface area contributed by atoms with Crippen LogP contribution in [-0.2, 0) is 0 Å². The molecule has 0 saturated carbocycles. The topological polar surface area (TPSA) is 0 Å². The van der Waals surface area contributed by atoms with Gasteiger partial charge in [-0.3, -0.25) is 0 Å². The highest BCUT2D eigenvalue weighted by Crippen LogP contribution is 2.23. The van der Waals surface area contributed by atoms with Crippen molar-refractivity contribution in [2.75, 3.05) is 0 Å². The molecular formula is C39H69ClSi7. The van der Waals surface area contributed by atoms with E-state index >= 15 is 0 Å². The normalized spacial score (nSPS) is 14.2. The van der Waals surface area contributed by atoms with E-state index in [1.807, 2.05) is 0 Å². The summed E-state index contributed by atoms with van der Waals surface area (Å²) in [5.41, 5.74) is 4.55. The predicted octanol–water partition coefficient (Wildman–Crippen LogP) is 7.09. The van der Waals surface area contributed by atoms with Crippen LogP contribution >= 0.6 is 11.1 Å². The maximum atomic E-state index is 9.28. The van der Waals surface area contributed by atoms with Crippen molar-refractivity contribution in [2.24, 2.45) is 0 Å². The average Bonchev–Trinajstić information content (AvgIpc) is 2.83. The van der Waals surface area contributed by atoms with Crippen LogP contribution in [0.4, 0.5) is 0 Å². The van der Waals surface area contributed by atoms with Gasteiger partial charge in [0.25, 0.3) is 0 Å². The Balaban J connectivity index is 3.00. The van der Waals surface area contributed by atoms with E-state index in [2.05, 4.69) is 175 Å². The maximum Gasteiger partial charge on any atom is 0.248 e. The van der Waals surface area contributed by atoms with Crippen LogP contribution in [0, 0.1) is 20.8 Å². The maximum absolute atomic E-state index is 9.28. The molecule has 0 atom stereocenters. The molecule has 0 nitrogen and oxygen atoms in total. The highest BCUT2D eigenvalue weighted by atomic mass is 35.6. The molecule has 0 fully saturated rings. The van der Waals surface area contributed by atoms with Crippen LogP contribution in [-0.4, -0.2) is 55.8 Å². The van der Waals surface area contributed by atoms with Crippen LogP contribution in [0.1, 0.15) is 16.7 Å². The Kier molecular flexibility index (Phi) is 11.2. The monoisotopic (exact) mass is 768 g/mol. The van der Waals surface area contributed by atoms with Crippen LogP contribution in [0.25, 0.3) is 0 Å². The number of halogens is 1. The van der Waals surface area contributed by atoms with Gasteiger partial charge in [0.05, 0.1) is 48.4 Å². The summed E-state index contributed by atoms with van der Waals surface area (Å²) in [5.74, 6) is 0. The smallest absolute Gasteiger partial charge is 0.149 e. The van der Waals surface area contributed by atoms with Crippen molar-refractivity contribution < 1.29 is 0 Å². The first-order valence-electron chi connectivity index (χ1n) is 17.9. The largest absolute Gasteiger partial charge is 0.248 e. The van der Waals surface area contributed by atoms with Gasteiger partial charge in [-0.25, -0.2) is 0 Å². The molecule has 260 valence electrons. The van der Waals surface area contributed by atoms with Crippen molar-refractivity contribution >= 4 is 114 Å². The summed E-state index contributed by atoms with van der Waals surface area (Å²) in [7, 11) is -13.6. The Morgan fingerprint density at radius 2 is 0.447 bits per heavy atom. The minimum Gasteiger partial charge on any atom is -0.149 e. The molecule has 0 aliphatic rings. The van der Waals surface area contributed by atoms with E-state index in [1.54, 1.807) is 46.7 Å². The van der Waals surface area contributed by atoms with E-state index in [1.165, 1.54) is 16.7 Å². The molecule has 0 aliphatic carbocycles. The van der Waals surface area contributed by atoms with Gasteiger partial charge in [0.2, 0.25) is 7.38 Å². The number of benzene rings is 3. The molecule has 0 aromatic heterocycles. The molecule has 3 aromatic rings. The lowest BCUT2D eigenvalue weighted by Gasteiger charge is -2.43. The summed E-state index contributed by atoms with van der Waals surface area (Å²) < 4.78 is 0. The lowest BCUT2D eigenvalue weighted by molar-refractivity contribution is 1.49. The fourth-order valence-corrected chi connectivity index (χ4v) is 30.6. The molecule has 0 heterocycles. The standard InChI is InChI=1S/C39H69ClSi7/c1-28-31(41(4,5)6)22-25-34(44(13,14)15)37(28)47(40,38-29(2)32(42(7,8)9)23-26-35(38)45(16,17)18)39-30(3)33(43(10,11)12)24-27-36(39)46(19,20)21/h22-27H,1-21H3. The molecule has 0 bridgehead atoms. The fraction of sp³-hybridized carbons (Fsp3) is 0.538. The van der Waals surface area contributed by atoms with Gasteiger partial charge in [-0.05, 0) is 36.3 Å². The van der Waals surface area contributed by atoms with Gasteiger partial charge in [0.1, 0.15) is 0 Å². The predicted molar refractivity (Wildman–Crippen MR) is 242 cm³/mol. The summed E-state index contributed by atoms with van der Waals surface area (Å²) in [5, 5.41) is 14.3. The zero-order chi connectivity index (χ0) is 36.7. The van der Waals surface area contributed by atoms with Gasteiger partial charge in [-0.15, -0.1) is 11.1 Å². The van der Waals surface area contributed by atoms with E-state index in [0.29, 0.717) is 0 Å². The zero-order valence-corrected chi connectivity index (χ0v) is 42.1. The summed E-state index contributed by atoms with van der Waals surface area (Å²) in [4.78, 5) is 0. The van der Waals surface area contributed by atoms with Crippen molar-refractivity contribution in [3.05, 3.63) is 53.1 Å². The van der Waals surface area contributed by atoms with Gasteiger partial charge >= 0.3 is 0 Å². The summed E-state index contributed by atoms with van der Waals surface area (Å²) >= 11 is 9.28. The molecule has 0 aliphatic heterocycles. The minimum absolute atomic E-state index is 1.52. The van der Waals surface area contributed by atoms with Crippen LogP contribution in [0.5, 0.6) is 0 Å². The Hall–Kier alpha value is -0.532. The fourth-order valence-electron chi connectivity index (χ4n) is 8.15. The summed E-state index contributed by atoms with van der Waals surface area (Å²) in [6.45, 7) is 53.2. The van der Waals surface area contributed by atoms with E-state index in [4.69, 9.17) is 0 Å². The van der Waals surface area contributed by atoms with Gasteiger partial charge in [-0.1, -0.05) is 202 Å². The molecule has 0 spiro atoms. The van der Waals surface area contributed by atoms with E-state index in [-0.39, 0.29) is 0 Å². The molecule has 3 aromatic carbocycles. The molecular weight excluding hydrogens is 700 g/mol. The molecule has 0 unspecified atom stereocenters. The third kappa shape index (κ3) is 7.87. The summed E-state index contributed by atoms with van der Waals surface area (Å²) in [6.07, 6.45) is 0. The molecule has 0 amide bonds. The van der Waals surface area contributed by atoms with Crippen LogP contribution in [0.3, 0.4) is 0 Å². The van der Waals surface area contributed by atoms with Crippen LogP contribution < -0.4 is 46.7 Å². The first-order valence-corrected chi connectivity index (χ1v) is 41.9. The van der Waals surface area contributed by atoms with Gasteiger partial charge in [-0.2, -0.15) is 0 Å². The first-order chi connectivity index (χ1) is 20.8. The van der Waals surface area contributed by atoms with Crippen molar-refractivity contribution in [3.8, 4) is 0 Å². The molecule has 3 rings (SSSR count). The Bertz CT molecular complexity index is 1470. The van der Waals surface area contributed by atoms with Gasteiger partial charge in [0, 0.05) is 0 Å². The van der Waals surface area contributed by atoms with Crippen molar-refractivity contribution in [1.29, 1.82) is 0 Å². The van der Waals surface area contributed by atoms with Gasteiger partial charge < -0.3 is 0 Å². The van der Waals surface area contributed by atoms with Crippen molar-refractivity contribution in [1.82, 2.24) is 0 Å². The lowest BCUT2D eigenvalue weighted by Crippen LogP contribution is -2.80. The van der Waals surface area contributed by atoms with Gasteiger partial charge in [0.15, 0.2) is 0 Å². The second-order valence-electron chi connectivity index (χ2n) is 20.6. The van der Waals surface area contributed by atoms with E-state index in [9.17, 15) is 11.1 Å². The second kappa shape index (κ2) is 12.9. The molecule has 47 heavy (non-hydrogen) atoms. The Morgan fingerprint density at radius 3 is 0.596 bits per heavy atom. The Morgan fingerprint density at radius 1 is 0.298 bits per heavy atom. The summed E-state index contributed by atoms with van der Waals surface area (Å²) in [6, 6.07) is 15.3. The van der Waals surface area contributed by atoms with Crippen molar-refractivity contribution in [3.63, 3.8) is 0 Å². The number of rotatable bonds is 9. The van der Waals surface area contributed by atoms with Crippen molar-refractivity contribution in [2.45, 2.75) is 139 Å². The zero-order valence-electron chi connectivity index (χ0n) is 34.3. The lowest BCUT2D eigenvalue weighted by atomic mass is 10.2. The third-order valence-corrected chi connectivity index (χ3v) is 29.3.